The molecule has 2 aliphatic carbocycles. The molecule has 1 amide bonds. The maximum absolute atomic E-state index is 12.6. The molecular weight excluding hydrogens is 408 g/mol. The molecule has 1 fully saturated rings. The van der Waals surface area contributed by atoms with E-state index in [4.69, 9.17) is 5.14 Å². The van der Waals surface area contributed by atoms with Crippen LogP contribution in [0.4, 0.5) is 5.69 Å². The minimum Gasteiger partial charge on any atom is -0.506 e. The van der Waals surface area contributed by atoms with E-state index in [1.807, 2.05) is 12.1 Å². The summed E-state index contributed by atoms with van der Waals surface area (Å²) >= 11 is 3.46. The van der Waals surface area contributed by atoms with Gasteiger partial charge in [0, 0.05) is 16.3 Å². The van der Waals surface area contributed by atoms with E-state index in [0.29, 0.717) is 0 Å². The highest BCUT2D eigenvalue weighted by molar-refractivity contribution is 9.10. The normalized spacial score (nSPS) is 23.7. The van der Waals surface area contributed by atoms with Gasteiger partial charge in [-0.3, -0.25) is 4.79 Å². The number of benzene rings is 2. The molecule has 25 heavy (non-hydrogen) atoms. The Morgan fingerprint density at radius 1 is 1.24 bits per heavy atom. The van der Waals surface area contributed by atoms with Gasteiger partial charge >= 0.3 is 0 Å². The van der Waals surface area contributed by atoms with Gasteiger partial charge in [-0.2, -0.15) is 0 Å². The highest BCUT2D eigenvalue weighted by atomic mass is 79.9. The molecule has 0 bridgehead atoms. The van der Waals surface area contributed by atoms with E-state index in [-0.39, 0.29) is 40.0 Å². The van der Waals surface area contributed by atoms with Crippen LogP contribution in [0.5, 0.6) is 5.75 Å². The van der Waals surface area contributed by atoms with Crippen molar-refractivity contribution in [3.8, 4) is 5.75 Å². The first-order chi connectivity index (χ1) is 11.8. The van der Waals surface area contributed by atoms with Crippen LogP contribution < -0.4 is 10.5 Å². The molecule has 8 heteroatoms. The summed E-state index contributed by atoms with van der Waals surface area (Å²) in [5, 5.41) is 17.6. The molecule has 4 N–H and O–H groups in total. The fourth-order valence-corrected chi connectivity index (χ4v) is 4.65. The number of aromatic hydroxyl groups is 1. The third-order valence-electron chi connectivity index (χ3n) is 4.95. The lowest BCUT2D eigenvalue weighted by atomic mass is 10.0. The Morgan fingerprint density at radius 3 is 2.72 bits per heavy atom. The lowest BCUT2D eigenvalue weighted by Crippen LogP contribution is -2.18. The van der Waals surface area contributed by atoms with Crippen LogP contribution in [0.1, 0.15) is 17.0 Å². The van der Waals surface area contributed by atoms with Crippen LogP contribution in [0.2, 0.25) is 0 Å². The average molecular weight is 423 g/mol. The van der Waals surface area contributed by atoms with Gasteiger partial charge in [0.1, 0.15) is 5.75 Å². The van der Waals surface area contributed by atoms with Gasteiger partial charge in [0.2, 0.25) is 15.9 Å². The molecule has 4 rings (SSSR count). The van der Waals surface area contributed by atoms with Crippen molar-refractivity contribution in [3.05, 3.63) is 52.0 Å². The fourth-order valence-electron chi connectivity index (χ4n) is 3.73. The largest absolute Gasteiger partial charge is 0.506 e. The Labute approximate surface area is 153 Å². The summed E-state index contributed by atoms with van der Waals surface area (Å²) in [5.74, 6) is -0.152. The topological polar surface area (TPSA) is 109 Å². The molecule has 0 aromatic heterocycles. The zero-order valence-corrected chi connectivity index (χ0v) is 15.3. The fraction of sp³-hybridized carbons (Fsp3) is 0.235. The number of phenolic OH excluding ortho intramolecular Hbond substituents is 1. The Bertz CT molecular complexity index is 1010. The van der Waals surface area contributed by atoms with Crippen LogP contribution in [-0.4, -0.2) is 19.4 Å². The summed E-state index contributed by atoms with van der Waals surface area (Å²) in [7, 11) is -3.91. The van der Waals surface area contributed by atoms with Crippen LogP contribution in [0.25, 0.3) is 0 Å². The predicted molar refractivity (Wildman–Crippen MR) is 95.7 cm³/mol. The van der Waals surface area contributed by atoms with Crippen molar-refractivity contribution in [1.29, 1.82) is 0 Å². The number of anilines is 1. The van der Waals surface area contributed by atoms with E-state index in [2.05, 4.69) is 27.3 Å². The highest BCUT2D eigenvalue weighted by Crippen LogP contribution is 2.62. The van der Waals surface area contributed by atoms with Gasteiger partial charge in [0.25, 0.3) is 0 Å². The molecular formula is C17H15BrN2O4S. The van der Waals surface area contributed by atoms with E-state index >= 15 is 0 Å². The SMILES string of the molecule is NS(=O)(=O)c1ccc(O)c(NC(=O)C2C3Cc4ccc(Br)cc4C32)c1. The van der Waals surface area contributed by atoms with E-state index in [1.165, 1.54) is 29.3 Å². The summed E-state index contributed by atoms with van der Waals surface area (Å²) in [4.78, 5) is 12.4. The number of fused-ring (bicyclic) bond motifs is 3. The van der Waals surface area contributed by atoms with E-state index < -0.39 is 10.0 Å². The van der Waals surface area contributed by atoms with E-state index in [9.17, 15) is 18.3 Å². The number of nitrogens with one attached hydrogen (secondary N) is 1. The number of phenols is 1. The minimum atomic E-state index is -3.91. The quantitative estimate of drug-likeness (QED) is 0.659. The van der Waals surface area contributed by atoms with Gasteiger partial charge in [0.05, 0.1) is 10.6 Å². The van der Waals surface area contributed by atoms with Crippen molar-refractivity contribution in [2.24, 2.45) is 17.0 Å². The van der Waals surface area contributed by atoms with Crippen molar-refractivity contribution in [2.75, 3.05) is 5.32 Å². The van der Waals surface area contributed by atoms with Crippen LogP contribution >= 0.6 is 15.9 Å². The molecule has 1 saturated carbocycles. The molecule has 0 spiro atoms. The van der Waals surface area contributed by atoms with Gasteiger partial charge in [-0.05, 0) is 53.8 Å². The van der Waals surface area contributed by atoms with Crippen molar-refractivity contribution in [1.82, 2.24) is 0 Å². The molecule has 0 aliphatic heterocycles. The summed E-state index contributed by atoms with van der Waals surface area (Å²) in [5.41, 5.74) is 2.50. The van der Waals surface area contributed by atoms with Gasteiger partial charge in [-0.1, -0.05) is 22.0 Å². The van der Waals surface area contributed by atoms with Crippen LogP contribution in [-0.2, 0) is 21.2 Å². The van der Waals surface area contributed by atoms with Crippen molar-refractivity contribution >= 4 is 37.5 Å². The number of nitrogens with two attached hydrogens (primary N) is 1. The molecule has 2 aliphatic rings. The first-order valence-corrected chi connectivity index (χ1v) is 10.0. The maximum Gasteiger partial charge on any atom is 0.238 e. The lowest BCUT2D eigenvalue weighted by Gasteiger charge is -2.11. The van der Waals surface area contributed by atoms with Crippen LogP contribution in [0.3, 0.4) is 0 Å². The highest BCUT2D eigenvalue weighted by Gasteiger charge is 2.59. The van der Waals surface area contributed by atoms with Crippen LogP contribution in [0.15, 0.2) is 45.8 Å². The monoisotopic (exact) mass is 422 g/mol. The van der Waals surface area contributed by atoms with Crippen molar-refractivity contribution < 1.29 is 18.3 Å². The molecule has 0 radical (unpaired) electrons. The Balaban J connectivity index is 1.55. The molecule has 2 aromatic rings. The molecule has 6 nitrogen and oxygen atoms in total. The summed E-state index contributed by atoms with van der Waals surface area (Å²) in [6.45, 7) is 0. The zero-order chi connectivity index (χ0) is 17.9. The predicted octanol–water partition coefficient (Wildman–Crippen LogP) is 2.33. The van der Waals surface area contributed by atoms with Gasteiger partial charge in [-0.15, -0.1) is 0 Å². The second-order valence-corrected chi connectivity index (χ2v) is 8.95. The number of amides is 1. The Kier molecular flexibility index (Phi) is 3.68. The van der Waals surface area contributed by atoms with Gasteiger partial charge < -0.3 is 10.4 Å². The summed E-state index contributed by atoms with van der Waals surface area (Å²) in [6, 6.07) is 9.69. The second-order valence-electron chi connectivity index (χ2n) is 6.48. The van der Waals surface area contributed by atoms with E-state index in [0.717, 1.165) is 10.9 Å². The van der Waals surface area contributed by atoms with Gasteiger partial charge in [0.15, 0.2) is 0 Å². The number of primary sulfonamides is 1. The van der Waals surface area contributed by atoms with Crippen molar-refractivity contribution in [2.45, 2.75) is 17.2 Å². The summed E-state index contributed by atoms with van der Waals surface area (Å²) < 4.78 is 23.9. The number of carbonyl (C=O) groups is 1. The lowest BCUT2D eigenvalue weighted by molar-refractivity contribution is -0.117. The third kappa shape index (κ3) is 2.84. The molecule has 3 unspecified atom stereocenters. The molecule has 0 saturated heterocycles. The number of halogens is 1. The number of hydrogen-bond acceptors (Lipinski definition) is 4. The first-order valence-electron chi connectivity index (χ1n) is 7.71. The molecule has 0 heterocycles. The Hall–Kier alpha value is -1.90. The van der Waals surface area contributed by atoms with Crippen LogP contribution in [0, 0.1) is 11.8 Å². The number of hydrogen-bond donors (Lipinski definition) is 3. The number of rotatable bonds is 3. The zero-order valence-electron chi connectivity index (χ0n) is 12.9. The summed E-state index contributed by atoms with van der Waals surface area (Å²) in [6.07, 6.45) is 0.856. The maximum atomic E-state index is 12.6. The first kappa shape index (κ1) is 16.6. The Morgan fingerprint density at radius 2 is 2.00 bits per heavy atom. The van der Waals surface area contributed by atoms with Gasteiger partial charge in [-0.25, -0.2) is 13.6 Å². The standard InChI is InChI=1S/C17H15BrN2O4S/c18-9-2-1-8-5-12-15(11(8)6-9)16(12)17(22)20-13-7-10(25(19,23)24)3-4-14(13)21/h1-4,6-7,12,15-16,21H,5H2,(H,20,22)(H2,19,23,24). The number of sulfonamides is 1. The second kappa shape index (κ2) is 5.55. The minimum absolute atomic E-state index is 0.0518. The number of carbonyl (C=O) groups excluding carboxylic acids is 1. The third-order valence-corrected chi connectivity index (χ3v) is 6.35. The smallest absolute Gasteiger partial charge is 0.238 e. The van der Waals surface area contributed by atoms with Crippen molar-refractivity contribution in [3.63, 3.8) is 0 Å². The molecule has 2 aromatic carbocycles. The van der Waals surface area contributed by atoms with E-state index in [1.54, 1.807) is 0 Å². The molecule has 3 atom stereocenters. The average Bonchev–Trinajstić information content (AvgIpc) is 3.13. The molecule has 130 valence electrons.